The number of nitrogens with zero attached hydrogens (tertiary/aromatic N) is 1. The summed E-state index contributed by atoms with van der Waals surface area (Å²) >= 11 is 0. The first-order valence-corrected chi connectivity index (χ1v) is 10.1. The van der Waals surface area contributed by atoms with E-state index in [1.807, 2.05) is 67.4 Å². The molecule has 4 N–H and O–H groups in total. The highest BCUT2D eigenvalue weighted by atomic mass is 16.2. The number of carbonyl (C=O) groups is 1. The van der Waals surface area contributed by atoms with Gasteiger partial charge in [0.05, 0.1) is 6.42 Å². The quantitative estimate of drug-likeness (QED) is 0.447. The van der Waals surface area contributed by atoms with Crippen LogP contribution in [0.4, 0.5) is 11.4 Å². The number of hydrogen-bond acceptors (Lipinski definition) is 3. The molecule has 0 saturated carbocycles. The number of nitrogen functional groups attached to an aromatic ring is 1. The normalized spacial score (nSPS) is 12.5. The van der Waals surface area contributed by atoms with Gasteiger partial charge in [-0.2, -0.15) is 0 Å². The molecule has 1 amide bonds. The van der Waals surface area contributed by atoms with Crippen LogP contribution in [-0.2, 0) is 17.6 Å². The van der Waals surface area contributed by atoms with Crippen molar-refractivity contribution >= 4 is 23.1 Å². The molecule has 0 spiro atoms. The van der Waals surface area contributed by atoms with Gasteiger partial charge in [-0.15, -0.1) is 0 Å². The third-order valence-electron chi connectivity index (χ3n) is 5.63. The van der Waals surface area contributed by atoms with Crippen molar-refractivity contribution < 1.29 is 4.79 Å². The lowest BCUT2D eigenvalue weighted by Gasteiger charge is -2.18. The minimum atomic E-state index is 0.0328. The molecule has 5 heteroatoms. The molecule has 152 valence electrons. The maximum Gasteiger partial charge on any atom is 0.231 e. The van der Waals surface area contributed by atoms with Gasteiger partial charge in [-0.25, -0.2) is 0 Å². The van der Waals surface area contributed by atoms with E-state index in [0.717, 1.165) is 45.6 Å². The molecule has 0 aliphatic carbocycles. The molecule has 5 nitrogen and oxygen atoms in total. The molecular weight excluding hydrogens is 372 g/mol. The molecule has 0 atom stereocenters. The van der Waals surface area contributed by atoms with Crippen molar-refractivity contribution in [3.05, 3.63) is 82.9 Å². The highest BCUT2D eigenvalue weighted by Gasteiger charge is 2.25. The second kappa shape index (κ2) is 8.03. The van der Waals surface area contributed by atoms with Crippen molar-refractivity contribution in [1.29, 1.82) is 5.41 Å². The molecule has 4 rings (SSSR count). The summed E-state index contributed by atoms with van der Waals surface area (Å²) in [5.41, 5.74) is 13.7. The number of aryl methyl sites for hydroxylation is 1. The van der Waals surface area contributed by atoms with Gasteiger partial charge in [0.1, 0.15) is 5.84 Å². The van der Waals surface area contributed by atoms with E-state index in [1.165, 1.54) is 0 Å². The molecule has 0 aromatic heterocycles. The second-order valence-corrected chi connectivity index (χ2v) is 7.70. The number of amides is 1. The lowest BCUT2D eigenvalue weighted by Crippen LogP contribution is -2.30. The van der Waals surface area contributed by atoms with Crippen molar-refractivity contribution in [1.82, 2.24) is 0 Å². The van der Waals surface area contributed by atoms with Crippen molar-refractivity contribution in [2.45, 2.75) is 19.8 Å². The van der Waals surface area contributed by atoms with Crippen LogP contribution in [0.15, 0.2) is 60.7 Å². The van der Waals surface area contributed by atoms with Gasteiger partial charge in [-0.05, 0) is 53.8 Å². The Labute approximate surface area is 177 Å². The smallest absolute Gasteiger partial charge is 0.231 e. The van der Waals surface area contributed by atoms with Gasteiger partial charge >= 0.3 is 0 Å². The fourth-order valence-electron chi connectivity index (χ4n) is 4.21. The summed E-state index contributed by atoms with van der Waals surface area (Å²) in [6.45, 7) is 2.73. The Kier molecular flexibility index (Phi) is 5.27. The zero-order valence-electron chi connectivity index (χ0n) is 17.3. The van der Waals surface area contributed by atoms with Crippen LogP contribution in [0, 0.1) is 12.3 Å². The predicted octanol–water partition coefficient (Wildman–Crippen LogP) is 4.12. The second-order valence-electron chi connectivity index (χ2n) is 7.70. The summed E-state index contributed by atoms with van der Waals surface area (Å²) in [6, 6.07) is 20.1. The van der Waals surface area contributed by atoms with Crippen LogP contribution in [0.25, 0.3) is 11.1 Å². The maximum absolute atomic E-state index is 12.9. The molecule has 3 aromatic rings. The van der Waals surface area contributed by atoms with E-state index >= 15 is 0 Å². The van der Waals surface area contributed by atoms with Crippen LogP contribution in [0.3, 0.4) is 0 Å². The number of hydrogen-bond donors (Lipinski definition) is 3. The molecular formula is C25H26N4O. The van der Waals surface area contributed by atoms with E-state index < -0.39 is 0 Å². The Hall–Kier alpha value is -3.60. The lowest BCUT2D eigenvalue weighted by molar-refractivity contribution is -0.117. The van der Waals surface area contributed by atoms with Crippen molar-refractivity contribution in [2.75, 3.05) is 23.8 Å². The van der Waals surface area contributed by atoms with Crippen molar-refractivity contribution in [3.63, 3.8) is 0 Å². The van der Waals surface area contributed by atoms with Crippen LogP contribution < -0.4 is 16.0 Å². The van der Waals surface area contributed by atoms with Crippen LogP contribution in [-0.4, -0.2) is 25.3 Å². The van der Waals surface area contributed by atoms with E-state index in [-0.39, 0.29) is 11.7 Å². The Morgan fingerprint density at radius 2 is 1.93 bits per heavy atom. The van der Waals surface area contributed by atoms with Crippen molar-refractivity contribution in [3.8, 4) is 11.1 Å². The number of anilines is 2. The first-order valence-electron chi connectivity index (χ1n) is 10.1. The summed E-state index contributed by atoms with van der Waals surface area (Å²) in [6.07, 6.45) is 1.23. The third-order valence-corrected chi connectivity index (χ3v) is 5.63. The number of rotatable bonds is 5. The Morgan fingerprint density at radius 1 is 1.13 bits per heavy atom. The van der Waals surface area contributed by atoms with Crippen molar-refractivity contribution in [2.24, 2.45) is 5.73 Å². The first kappa shape index (κ1) is 19.7. The van der Waals surface area contributed by atoms with E-state index in [1.54, 1.807) is 0 Å². The monoisotopic (exact) mass is 398 g/mol. The highest BCUT2D eigenvalue weighted by molar-refractivity contribution is 6.06. The number of nitrogens with two attached hydrogens (primary N) is 1. The standard InChI is InChI=1S/C25H26N4O/c1-16-5-3-6-17(13-16)14-23(30)29-12-11-19-15-18(9-10-22(19)29)20-7-4-8-21(28-2)24(20)25(26)27/h3-10,13,15,28H,11-12,14H2,1-2H3,(H3,26,27). The Balaban J connectivity index is 1.64. The maximum atomic E-state index is 12.9. The molecule has 0 radical (unpaired) electrons. The number of fused-ring (bicyclic) bond motifs is 1. The molecule has 0 bridgehead atoms. The van der Waals surface area contributed by atoms with Crippen LogP contribution in [0.5, 0.6) is 0 Å². The summed E-state index contributed by atoms with van der Waals surface area (Å²) in [7, 11) is 1.83. The lowest BCUT2D eigenvalue weighted by atomic mass is 9.95. The van der Waals surface area contributed by atoms with Gasteiger partial charge in [0.25, 0.3) is 0 Å². The SMILES string of the molecule is CNc1cccc(-c2ccc3c(c2)CCN3C(=O)Cc2cccc(C)c2)c1C(=N)N. The zero-order chi connectivity index (χ0) is 21.3. The third kappa shape index (κ3) is 3.66. The predicted molar refractivity (Wildman–Crippen MR) is 123 cm³/mol. The fourth-order valence-corrected chi connectivity index (χ4v) is 4.21. The molecule has 1 heterocycles. The molecule has 30 heavy (non-hydrogen) atoms. The average molecular weight is 399 g/mol. The number of carbonyl (C=O) groups excluding carboxylic acids is 1. The molecule has 1 aliphatic heterocycles. The van der Waals surface area contributed by atoms with Gasteiger partial charge < -0.3 is 16.0 Å². The number of amidine groups is 1. The highest BCUT2D eigenvalue weighted by Crippen LogP contribution is 2.35. The molecule has 1 aliphatic rings. The van der Waals surface area contributed by atoms with Gasteiger partial charge in [0.2, 0.25) is 5.91 Å². The van der Waals surface area contributed by atoms with E-state index in [2.05, 4.69) is 17.4 Å². The van der Waals surface area contributed by atoms with Gasteiger partial charge in [-0.1, -0.05) is 48.0 Å². The Morgan fingerprint density at radius 3 is 2.67 bits per heavy atom. The average Bonchev–Trinajstić information content (AvgIpc) is 3.16. The minimum Gasteiger partial charge on any atom is -0.388 e. The van der Waals surface area contributed by atoms with Crippen LogP contribution in [0.1, 0.15) is 22.3 Å². The van der Waals surface area contributed by atoms with Crippen LogP contribution >= 0.6 is 0 Å². The van der Waals surface area contributed by atoms with E-state index in [9.17, 15) is 4.79 Å². The Bertz CT molecular complexity index is 1140. The molecule has 3 aromatic carbocycles. The minimum absolute atomic E-state index is 0.0328. The van der Waals surface area contributed by atoms with Gasteiger partial charge in [-0.3, -0.25) is 10.2 Å². The number of nitrogens with one attached hydrogen (secondary N) is 2. The van der Waals surface area contributed by atoms with Crippen LogP contribution in [0.2, 0.25) is 0 Å². The summed E-state index contributed by atoms with van der Waals surface area (Å²) in [5.74, 6) is 0.152. The van der Waals surface area contributed by atoms with Gasteiger partial charge in [0, 0.05) is 30.5 Å². The largest absolute Gasteiger partial charge is 0.388 e. The first-order chi connectivity index (χ1) is 14.5. The molecule has 0 unspecified atom stereocenters. The summed E-state index contributed by atoms with van der Waals surface area (Å²) < 4.78 is 0. The molecule has 0 fully saturated rings. The van der Waals surface area contributed by atoms with E-state index in [4.69, 9.17) is 11.1 Å². The van der Waals surface area contributed by atoms with Gasteiger partial charge in [0.15, 0.2) is 0 Å². The van der Waals surface area contributed by atoms with E-state index in [0.29, 0.717) is 18.5 Å². The number of benzene rings is 3. The summed E-state index contributed by atoms with van der Waals surface area (Å²) in [5, 5.41) is 11.1. The zero-order valence-corrected chi connectivity index (χ0v) is 17.3. The summed E-state index contributed by atoms with van der Waals surface area (Å²) in [4.78, 5) is 14.8. The fraction of sp³-hybridized carbons (Fsp3) is 0.200. The topological polar surface area (TPSA) is 82.2 Å². The molecule has 0 saturated heterocycles.